The van der Waals surface area contributed by atoms with E-state index in [1.54, 1.807) is 23.1 Å². The molecule has 4 rings (SSSR count). The van der Waals surface area contributed by atoms with Crippen LogP contribution in [0.25, 0.3) is 16.7 Å². The molecule has 25 heavy (non-hydrogen) atoms. The van der Waals surface area contributed by atoms with Crippen LogP contribution in [0.3, 0.4) is 0 Å². The highest BCUT2D eigenvalue weighted by Crippen LogP contribution is 2.16. The molecule has 0 radical (unpaired) electrons. The smallest absolute Gasteiger partial charge is 0.271 e. The van der Waals surface area contributed by atoms with Gasteiger partial charge in [0.2, 0.25) is 0 Å². The average molecular weight is 332 g/mol. The molecular formula is C18H16N6O. The summed E-state index contributed by atoms with van der Waals surface area (Å²) < 4.78 is 1.59. The fourth-order valence-corrected chi connectivity index (χ4v) is 2.67. The standard InChI is InChI=1S/C18H16N6O/c1-12-7-14-8-13(3-4-15(14)23-12)9-21-18(25)16-10-20-17(11-19-16)24-6-2-5-22-24/h2-8,10-11,23H,9H2,1H3,(H,21,25). The van der Waals surface area contributed by atoms with Gasteiger partial charge >= 0.3 is 0 Å². The van der Waals surface area contributed by atoms with E-state index in [1.165, 1.54) is 12.4 Å². The van der Waals surface area contributed by atoms with Gasteiger partial charge in [0.15, 0.2) is 5.82 Å². The highest BCUT2D eigenvalue weighted by molar-refractivity contribution is 5.92. The summed E-state index contributed by atoms with van der Waals surface area (Å²) in [5.74, 6) is 0.305. The minimum Gasteiger partial charge on any atom is -0.359 e. The second-order valence-electron chi connectivity index (χ2n) is 5.77. The third-order valence-corrected chi connectivity index (χ3v) is 3.88. The summed E-state index contributed by atoms with van der Waals surface area (Å²) in [6, 6.07) is 9.95. The molecule has 7 nitrogen and oxygen atoms in total. The van der Waals surface area contributed by atoms with Crippen molar-refractivity contribution >= 4 is 16.8 Å². The highest BCUT2D eigenvalue weighted by Gasteiger charge is 2.09. The Balaban J connectivity index is 1.44. The van der Waals surface area contributed by atoms with E-state index in [-0.39, 0.29) is 11.6 Å². The Morgan fingerprint density at radius 2 is 2.16 bits per heavy atom. The van der Waals surface area contributed by atoms with Crippen molar-refractivity contribution in [2.24, 2.45) is 0 Å². The van der Waals surface area contributed by atoms with Gasteiger partial charge in [-0.1, -0.05) is 6.07 Å². The molecule has 124 valence electrons. The fourth-order valence-electron chi connectivity index (χ4n) is 2.67. The molecule has 3 heterocycles. The SMILES string of the molecule is Cc1cc2cc(CNC(=O)c3cnc(-n4cccn4)cn3)ccc2[nH]1. The summed E-state index contributed by atoms with van der Waals surface area (Å²) >= 11 is 0. The van der Waals surface area contributed by atoms with Gasteiger partial charge in [0.05, 0.1) is 12.4 Å². The van der Waals surface area contributed by atoms with E-state index in [0.717, 1.165) is 22.2 Å². The zero-order chi connectivity index (χ0) is 17.2. The van der Waals surface area contributed by atoms with E-state index in [0.29, 0.717) is 12.4 Å². The average Bonchev–Trinajstić information content (AvgIpc) is 3.28. The van der Waals surface area contributed by atoms with E-state index in [4.69, 9.17) is 0 Å². The molecule has 0 fully saturated rings. The zero-order valence-corrected chi connectivity index (χ0v) is 13.6. The molecule has 0 unspecified atom stereocenters. The molecule has 0 saturated heterocycles. The second kappa shape index (κ2) is 6.20. The van der Waals surface area contributed by atoms with Crippen molar-refractivity contribution in [2.75, 3.05) is 0 Å². The maximum atomic E-state index is 12.2. The summed E-state index contributed by atoms with van der Waals surface area (Å²) in [7, 11) is 0. The van der Waals surface area contributed by atoms with Crippen molar-refractivity contribution in [3.63, 3.8) is 0 Å². The summed E-state index contributed by atoms with van der Waals surface area (Å²) in [5.41, 5.74) is 3.51. The lowest BCUT2D eigenvalue weighted by Gasteiger charge is -2.06. The first-order chi connectivity index (χ1) is 12.2. The van der Waals surface area contributed by atoms with Gasteiger partial charge in [-0.05, 0) is 42.1 Å². The number of hydrogen-bond donors (Lipinski definition) is 2. The van der Waals surface area contributed by atoms with Gasteiger partial charge in [-0.15, -0.1) is 0 Å². The monoisotopic (exact) mass is 332 g/mol. The number of carbonyl (C=O) groups is 1. The zero-order valence-electron chi connectivity index (χ0n) is 13.6. The topological polar surface area (TPSA) is 88.5 Å². The number of amides is 1. The quantitative estimate of drug-likeness (QED) is 0.600. The van der Waals surface area contributed by atoms with Crippen molar-refractivity contribution in [3.05, 3.63) is 72.1 Å². The Labute approximate surface area is 143 Å². The van der Waals surface area contributed by atoms with Gasteiger partial charge in [0, 0.05) is 30.1 Å². The first kappa shape index (κ1) is 15.1. The van der Waals surface area contributed by atoms with Crippen molar-refractivity contribution in [3.8, 4) is 5.82 Å². The van der Waals surface area contributed by atoms with Gasteiger partial charge in [0.25, 0.3) is 5.91 Å². The van der Waals surface area contributed by atoms with Gasteiger partial charge in [0.1, 0.15) is 5.69 Å². The summed E-state index contributed by atoms with van der Waals surface area (Å²) in [4.78, 5) is 23.9. The van der Waals surface area contributed by atoms with Crippen LogP contribution in [0.4, 0.5) is 0 Å². The van der Waals surface area contributed by atoms with E-state index in [2.05, 4.69) is 37.5 Å². The molecule has 0 spiro atoms. The Morgan fingerprint density at radius 1 is 1.24 bits per heavy atom. The van der Waals surface area contributed by atoms with Crippen LogP contribution in [0.2, 0.25) is 0 Å². The first-order valence-electron chi connectivity index (χ1n) is 7.87. The van der Waals surface area contributed by atoms with E-state index in [9.17, 15) is 4.79 Å². The largest absolute Gasteiger partial charge is 0.359 e. The number of fused-ring (bicyclic) bond motifs is 1. The minimum absolute atomic E-state index is 0.259. The Hall–Kier alpha value is -3.48. The van der Waals surface area contributed by atoms with Crippen molar-refractivity contribution in [1.29, 1.82) is 0 Å². The van der Waals surface area contributed by atoms with Crippen LogP contribution in [0.15, 0.2) is 55.1 Å². The summed E-state index contributed by atoms with van der Waals surface area (Å²) in [5, 5.41) is 8.07. The molecule has 0 atom stereocenters. The number of aromatic amines is 1. The summed E-state index contributed by atoms with van der Waals surface area (Å²) in [6.07, 6.45) is 6.40. The number of nitrogens with zero attached hydrogens (tertiary/aromatic N) is 4. The number of carbonyl (C=O) groups excluding carboxylic acids is 1. The maximum Gasteiger partial charge on any atom is 0.271 e. The predicted octanol–water partition coefficient (Wildman–Crippen LogP) is 2.38. The molecule has 1 amide bonds. The number of aryl methyl sites for hydroxylation is 1. The minimum atomic E-state index is -0.259. The summed E-state index contributed by atoms with van der Waals surface area (Å²) in [6.45, 7) is 2.45. The molecule has 3 aromatic heterocycles. The third-order valence-electron chi connectivity index (χ3n) is 3.88. The molecule has 0 aliphatic heterocycles. The van der Waals surface area contributed by atoms with Crippen molar-refractivity contribution in [2.45, 2.75) is 13.5 Å². The molecule has 0 saturated carbocycles. The number of benzene rings is 1. The molecule has 0 bridgehead atoms. The first-order valence-corrected chi connectivity index (χ1v) is 7.87. The van der Waals surface area contributed by atoms with E-state index < -0.39 is 0 Å². The number of H-pyrrole nitrogens is 1. The maximum absolute atomic E-state index is 12.2. The molecule has 2 N–H and O–H groups in total. The second-order valence-corrected chi connectivity index (χ2v) is 5.77. The Morgan fingerprint density at radius 3 is 2.92 bits per heavy atom. The van der Waals surface area contributed by atoms with Crippen molar-refractivity contribution in [1.82, 2.24) is 30.0 Å². The number of rotatable bonds is 4. The van der Waals surface area contributed by atoms with E-state index >= 15 is 0 Å². The lowest BCUT2D eigenvalue weighted by Crippen LogP contribution is -2.24. The fraction of sp³-hybridized carbons (Fsp3) is 0.111. The lowest BCUT2D eigenvalue weighted by atomic mass is 10.1. The van der Waals surface area contributed by atoms with Crippen LogP contribution in [-0.2, 0) is 6.54 Å². The molecule has 0 aliphatic carbocycles. The lowest BCUT2D eigenvalue weighted by molar-refractivity contribution is 0.0945. The predicted molar refractivity (Wildman–Crippen MR) is 93.4 cm³/mol. The highest BCUT2D eigenvalue weighted by atomic mass is 16.1. The van der Waals surface area contributed by atoms with Crippen LogP contribution in [-0.4, -0.2) is 30.6 Å². The van der Waals surface area contributed by atoms with Crippen molar-refractivity contribution < 1.29 is 4.79 Å². The Bertz CT molecular complexity index is 1020. The van der Waals surface area contributed by atoms with Crippen LogP contribution in [0.5, 0.6) is 0 Å². The van der Waals surface area contributed by atoms with E-state index in [1.807, 2.05) is 19.1 Å². The van der Waals surface area contributed by atoms with Gasteiger partial charge in [-0.2, -0.15) is 5.10 Å². The van der Waals surface area contributed by atoms with Crippen LogP contribution in [0.1, 0.15) is 21.7 Å². The van der Waals surface area contributed by atoms with Crippen LogP contribution >= 0.6 is 0 Å². The van der Waals surface area contributed by atoms with Gasteiger partial charge in [-0.25, -0.2) is 14.6 Å². The molecule has 1 aromatic carbocycles. The molecular weight excluding hydrogens is 316 g/mol. The Kier molecular flexibility index (Phi) is 3.74. The number of aromatic nitrogens is 5. The number of nitrogens with one attached hydrogen (secondary N) is 2. The van der Waals surface area contributed by atoms with Gasteiger partial charge < -0.3 is 10.3 Å². The number of hydrogen-bond acceptors (Lipinski definition) is 4. The van der Waals surface area contributed by atoms with Crippen LogP contribution < -0.4 is 5.32 Å². The molecule has 7 heteroatoms. The molecule has 0 aliphatic rings. The third kappa shape index (κ3) is 3.12. The molecule has 4 aromatic rings. The van der Waals surface area contributed by atoms with Gasteiger partial charge in [-0.3, -0.25) is 4.79 Å². The normalized spacial score (nSPS) is 10.9. The van der Waals surface area contributed by atoms with Crippen LogP contribution in [0, 0.1) is 6.92 Å².